The first-order chi connectivity index (χ1) is 8.29. The standard InChI is InChI=1S/C14H25NO3/c1-10(2)8-15(9-11(3)4)12(16)14(13(17)18)6-5-7-14/h10-11H,5-9H2,1-4H3,(H,17,18). The zero-order valence-electron chi connectivity index (χ0n) is 11.9. The van der Waals surface area contributed by atoms with Gasteiger partial charge < -0.3 is 10.0 Å². The van der Waals surface area contributed by atoms with E-state index in [9.17, 15) is 14.7 Å². The summed E-state index contributed by atoms with van der Waals surface area (Å²) >= 11 is 0. The molecule has 0 aromatic heterocycles. The fourth-order valence-electron chi connectivity index (χ4n) is 2.47. The Labute approximate surface area is 109 Å². The van der Waals surface area contributed by atoms with Gasteiger partial charge in [-0.05, 0) is 24.7 Å². The van der Waals surface area contributed by atoms with Gasteiger partial charge in [0.15, 0.2) is 0 Å². The summed E-state index contributed by atoms with van der Waals surface area (Å²) in [5, 5.41) is 9.32. The molecular weight excluding hydrogens is 230 g/mol. The molecule has 0 bridgehead atoms. The summed E-state index contributed by atoms with van der Waals surface area (Å²) < 4.78 is 0. The van der Waals surface area contributed by atoms with E-state index in [1.54, 1.807) is 4.90 Å². The molecule has 0 saturated heterocycles. The average Bonchev–Trinajstić information content (AvgIpc) is 2.12. The highest BCUT2D eigenvalue weighted by Gasteiger charge is 2.52. The molecule has 1 N–H and O–H groups in total. The van der Waals surface area contributed by atoms with Crippen LogP contribution in [-0.4, -0.2) is 35.0 Å². The number of carboxylic acid groups (broad SMARTS) is 1. The van der Waals surface area contributed by atoms with Gasteiger partial charge in [-0.3, -0.25) is 9.59 Å². The molecule has 1 fully saturated rings. The molecule has 104 valence electrons. The first-order valence-electron chi connectivity index (χ1n) is 6.82. The molecular formula is C14H25NO3. The zero-order valence-corrected chi connectivity index (χ0v) is 11.9. The first-order valence-corrected chi connectivity index (χ1v) is 6.82. The number of aliphatic carboxylic acids is 1. The predicted molar refractivity (Wildman–Crippen MR) is 70.2 cm³/mol. The summed E-state index contributed by atoms with van der Waals surface area (Å²) in [6.45, 7) is 9.49. The Hall–Kier alpha value is -1.06. The molecule has 0 radical (unpaired) electrons. The molecule has 1 rings (SSSR count). The Kier molecular flexibility index (Phi) is 4.77. The van der Waals surface area contributed by atoms with E-state index in [1.807, 2.05) is 0 Å². The van der Waals surface area contributed by atoms with Gasteiger partial charge in [-0.2, -0.15) is 0 Å². The molecule has 4 heteroatoms. The highest BCUT2D eigenvalue weighted by atomic mass is 16.4. The number of carboxylic acids is 1. The van der Waals surface area contributed by atoms with Crippen molar-refractivity contribution in [2.45, 2.75) is 47.0 Å². The van der Waals surface area contributed by atoms with Crippen molar-refractivity contribution in [3.63, 3.8) is 0 Å². The van der Waals surface area contributed by atoms with Gasteiger partial charge in [0.05, 0.1) is 0 Å². The molecule has 1 aliphatic rings. The number of carbonyl (C=O) groups excluding carboxylic acids is 1. The average molecular weight is 255 g/mol. The van der Waals surface area contributed by atoms with Gasteiger partial charge in [0.2, 0.25) is 5.91 Å². The number of amides is 1. The van der Waals surface area contributed by atoms with Gasteiger partial charge >= 0.3 is 5.97 Å². The largest absolute Gasteiger partial charge is 0.480 e. The van der Waals surface area contributed by atoms with Crippen LogP contribution in [0.4, 0.5) is 0 Å². The van der Waals surface area contributed by atoms with Gasteiger partial charge in [-0.1, -0.05) is 34.1 Å². The van der Waals surface area contributed by atoms with Crippen LogP contribution in [0.15, 0.2) is 0 Å². The molecule has 1 saturated carbocycles. The van der Waals surface area contributed by atoms with Gasteiger partial charge in [-0.25, -0.2) is 0 Å². The third kappa shape index (κ3) is 3.03. The highest BCUT2D eigenvalue weighted by molar-refractivity contribution is 6.02. The Morgan fingerprint density at radius 1 is 1.11 bits per heavy atom. The van der Waals surface area contributed by atoms with Crippen LogP contribution >= 0.6 is 0 Å². The monoisotopic (exact) mass is 255 g/mol. The minimum Gasteiger partial charge on any atom is -0.480 e. The third-order valence-electron chi connectivity index (χ3n) is 3.48. The van der Waals surface area contributed by atoms with Crippen LogP contribution in [0.1, 0.15) is 47.0 Å². The van der Waals surface area contributed by atoms with Crippen LogP contribution in [-0.2, 0) is 9.59 Å². The lowest BCUT2D eigenvalue weighted by atomic mass is 9.67. The van der Waals surface area contributed by atoms with E-state index in [4.69, 9.17) is 0 Å². The van der Waals surface area contributed by atoms with Crippen molar-refractivity contribution in [2.75, 3.05) is 13.1 Å². The van der Waals surface area contributed by atoms with Crippen LogP contribution in [0, 0.1) is 17.3 Å². The minimum atomic E-state index is -1.12. The van der Waals surface area contributed by atoms with E-state index >= 15 is 0 Å². The third-order valence-corrected chi connectivity index (χ3v) is 3.48. The summed E-state index contributed by atoms with van der Waals surface area (Å²) in [5.74, 6) is -0.405. The van der Waals surface area contributed by atoms with Crippen molar-refractivity contribution in [3.05, 3.63) is 0 Å². The van der Waals surface area contributed by atoms with Crippen molar-refractivity contribution in [2.24, 2.45) is 17.3 Å². The van der Waals surface area contributed by atoms with E-state index in [0.29, 0.717) is 37.8 Å². The summed E-state index contributed by atoms with van der Waals surface area (Å²) in [5.41, 5.74) is -1.12. The van der Waals surface area contributed by atoms with Gasteiger partial charge in [-0.15, -0.1) is 0 Å². The van der Waals surface area contributed by atoms with Crippen molar-refractivity contribution < 1.29 is 14.7 Å². The molecule has 0 heterocycles. The fraction of sp³-hybridized carbons (Fsp3) is 0.857. The summed E-state index contributed by atoms with van der Waals surface area (Å²) in [4.78, 5) is 25.6. The van der Waals surface area contributed by atoms with Crippen LogP contribution in [0.2, 0.25) is 0 Å². The molecule has 0 aromatic rings. The maximum atomic E-state index is 12.5. The Morgan fingerprint density at radius 2 is 1.56 bits per heavy atom. The second kappa shape index (κ2) is 5.72. The number of hydrogen-bond donors (Lipinski definition) is 1. The Balaban J connectivity index is 2.83. The number of hydrogen-bond acceptors (Lipinski definition) is 2. The number of carbonyl (C=O) groups is 2. The van der Waals surface area contributed by atoms with E-state index in [2.05, 4.69) is 27.7 Å². The van der Waals surface area contributed by atoms with Crippen LogP contribution < -0.4 is 0 Å². The summed E-state index contributed by atoms with van der Waals surface area (Å²) in [6, 6.07) is 0. The maximum Gasteiger partial charge on any atom is 0.319 e. The van der Waals surface area contributed by atoms with Crippen molar-refractivity contribution in [1.82, 2.24) is 4.90 Å². The molecule has 1 aliphatic carbocycles. The van der Waals surface area contributed by atoms with E-state index < -0.39 is 11.4 Å². The summed E-state index contributed by atoms with van der Waals surface area (Å²) in [7, 11) is 0. The molecule has 18 heavy (non-hydrogen) atoms. The topological polar surface area (TPSA) is 57.6 Å². The molecule has 0 aliphatic heterocycles. The summed E-state index contributed by atoms with van der Waals surface area (Å²) in [6.07, 6.45) is 1.83. The number of nitrogens with zero attached hydrogens (tertiary/aromatic N) is 1. The smallest absolute Gasteiger partial charge is 0.319 e. The molecule has 1 amide bonds. The molecule has 4 nitrogen and oxygen atoms in total. The van der Waals surface area contributed by atoms with Crippen LogP contribution in [0.5, 0.6) is 0 Å². The lowest BCUT2D eigenvalue weighted by Crippen LogP contribution is -2.54. The number of rotatable bonds is 6. The normalized spacial score (nSPS) is 17.7. The second-order valence-corrected chi connectivity index (χ2v) is 6.24. The predicted octanol–water partition coefficient (Wildman–Crippen LogP) is 2.38. The molecule has 0 atom stereocenters. The first kappa shape index (κ1) is 15.0. The highest BCUT2D eigenvalue weighted by Crippen LogP contribution is 2.43. The van der Waals surface area contributed by atoms with Crippen molar-refractivity contribution >= 4 is 11.9 Å². The lowest BCUT2D eigenvalue weighted by molar-refractivity contribution is -0.168. The van der Waals surface area contributed by atoms with Crippen LogP contribution in [0.3, 0.4) is 0 Å². The van der Waals surface area contributed by atoms with Crippen molar-refractivity contribution in [1.29, 1.82) is 0 Å². The van der Waals surface area contributed by atoms with Gasteiger partial charge in [0.25, 0.3) is 0 Å². The zero-order chi connectivity index (χ0) is 13.9. The van der Waals surface area contributed by atoms with E-state index in [-0.39, 0.29) is 5.91 Å². The Morgan fingerprint density at radius 3 is 1.78 bits per heavy atom. The lowest BCUT2D eigenvalue weighted by Gasteiger charge is -2.41. The quantitative estimate of drug-likeness (QED) is 0.741. The van der Waals surface area contributed by atoms with Crippen LogP contribution in [0.25, 0.3) is 0 Å². The Bertz CT molecular complexity index is 309. The molecule has 0 aromatic carbocycles. The van der Waals surface area contributed by atoms with E-state index in [1.165, 1.54) is 0 Å². The maximum absolute atomic E-state index is 12.5. The minimum absolute atomic E-state index is 0.177. The van der Waals surface area contributed by atoms with Crippen molar-refractivity contribution in [3.8, 4) is 0 Å². The van der Waals surface area contributed by atoms with Gasteiger partial charge in [0, 0.05) is 13.1 Å². The van der Waals surface area contributed by atoms with Gasteiger partial charge in [0.1, 0.15) is 5.41 Å². The fourth-order valence-corrected chi connectivity index (χ4v) is 2.47. The molecule has 0 spiro atoms. The SMILES string of the molecule is CC(C)CN(CC(C)C)C(=O)C1(C(=O)O)CCC1. The second-order valence-electron chi connectivity index (χ2n) is 6.24. The van der Waals surface area contributed by atoms with E-state index in [0.717, 1.165) is 6.42 Å². The molecule has 0 unspecified atom stereocenters.